The van der Waals surface area contributed by atoms with Crippen LogP contribution in [0.4, 0.5) is 4.39 Å². The van der Waals surface area contributed by atoms with Gasteiger partial charge in [-0.3, -0.25) is 4.79 Å². The van der Waals surface area contributed by atoms with E-state index in [0.717, 1.165) is 4.31 Å². The van der Waals surface area contributed by atoms with Gasteiger partial charge in [0.25, 0.3) is 5.56 Å². The maximum atomic E-state index is 12.8. The van der Waals surface area contributed by atoms with Gasteiger partial charge >= 0.3 is 0 Å². The van der Waals surface area contributed by atoms with Crippen LogP contribution in [0.5, 0.6) is 5.75 Å². The number of nitrogens with zero attached hydrogens (tertiary/aromatic N) is 2. The summed E-state index contributed by atoms with van der Waals surface area (Å²) in [5, 5.41) is 0. The molecule has 130 valence electrons. The molecule has 0 radical (unpaired) electrons. The van der Waals surface area contributed by atoms with Crippen LogP contribution in [0.2, 0.25) is 0 Å². The number of rotatable bonds is 7. The van der Waals surface area contributed by atoms with Crippen LogP contribution in [-0.2, 0) is 16.6 Å². The lowest BCUT2D eigenvalue weighted by Gasteiger charge is -2.13. The van der Waals surface area contributed by atoms with Crippen molar-refractivity contribution >= 4 is 10.0 Å². The van der Waals surface area contributed by atoms with Gasteiger partial charge in [0, 0.05) is 32.9 Å². The van der Waals surface area contributed by atoms with Crippen LogP contribution < -0.4 is 10.3 Å². The summed E-state index contributed by atoms with van der Waals surface area (Å²) in [4.78, 5) is 11.9. The standard InChI is InChI=1S/C16H19FN2O4S/c1-18(2)24(21,22)15-8-9-16(20)19(12-15)10-3-11-23-14-6-4-13(17)5-7-14/h4-9,12H,3,10-11H2,1-2H3. The number of hydrogen-bond donors (Lipinski definition) is 0. The number of benzene rings is 1. The average molecular weight is 354 g/mol. The molecule has 0 aliphatic heterocycles. The van der Waals surface area contributed by atoms with E-state index >= 15 is 0 Å². The number of sulfonamides is 1. The maximum absolute atomic E-state index is 12.8. The molecule has 1 heterocycles. The third kappa shape index (κ3) is 4.42. The molecule has 2 rings (SSSR count). The lowest BCUT2D eigenvalue weighted by Crippen LogP contribution is -2.26. The number of hydrogen-bond acceptors (Lipinski definition) is 4. The number of ether oxygens (including phenoxy) is 1. The zero-order valence-electron chi connectivity index (χ0n) is 13.5. The molecular weight excluding hydrogens is 335 g/mol. The second-order valence-corrected chi connectivity index (χ2v) is 7.49. The fourth-order valence-corrected chi connectivity index (χ4v) is 2.93. The van der Waals surface area contributed by atoms with Gasteiger partial charge in [0.05, 0.1) is 11.5 Å². The Bertz CT molecular complexity index is 845. The largest absolute Gasteiger partial charge is 0.494 e. The minimum absolute atomic E-state index is 0.0616. The van der Waals surface area contributed by atoms with Crippen LogP contribution in [0, 0.1) is 5.82 Å². The molecule has 0 N–H and O–H groups in total. The van der Waals surface area contributed by atoms with Gasteiger partial charge in [-0.25, -0.2) is 17.1 Å². The third-order valence-corrected chi connectivity index (χ3v) is 5.16. The molecule has 0 fully saturated rings. The molecule has 6 nitrogen and oxygen atoms in total. The normalized spacial score (nSPS) is 11.7. The number of aromatic nitrogens is 1. The van der Waals surface area contributed by atoms with Gasteiger partial charge in [-0.1, -0.05) is 0 Å². The van der Waals surface area contributed by atoms with Crippen LogP contribution in [0.3, 0.4) is 0 Å². The zero-order chi connectivity index (χ0) is 17.7. The topological polar surface area (TPSA) is 68.6 Å². The zero-order valence-corrected chi connectivity index (χ0v) is 14.3. The van der Waals surface area contributed by atoms with E-state index < -0.39 is 10.0 Å². The molecule has 0 spiro atoms. The van der Waals surface area contributed by atoms with Crippen molar-refractivity contribution in [2.45, 2.75) is 17.9 Å². The van der Waals surface area contributed by atoms with E-state index in [2.05, 4.69) is 0 Å². The van der Waals surface area contributed by atoms with Crippen molar-refractivity contribution in [3.8, 4) is 5.75 Å². The van der Waals surface area contributed by atoms with Crippen molar-refractivity contribution in [3.05, 3.63) is 58.8 Å². The first-order chi connectivity index (χ1) is 11.3. The van der Waals surface area contributed by atoms with Gasteiger partial charge in [0.2, 0.25) is 10.0 Å². The van der Waals surface area contributed by atoms with Crippen LogP contribution in [0.25, 0.3) is 0 Å². The summed E-state index contributed by atoms with van der Waals surface area (Å²) in [6, 6.07) is 8.17. The van der Waals surface area contributed by atoms with Crippen molar-refractivity contribution < 1.29 is 17.5 Å². The van der Waals surface area contributed by atoms with Crippen molar-refractivity contribution in [3.63, 3.8) is 0 Å². The highest BCUT2D eigenvalue weighted by molar-refractivity contribution is 7.89. The molecule has 0 saturated heterocycles. The van der Waals surface area contributed by atoms with E-state index in [1.54, 1.807) is 0 Å². The SMILES string of the molecule is CN(C)S(=O)(=O)c1ccc(=O)n(CCCOc2ccc(F)cc2)c1. The first-order valence-corrected chi connectivity index (χ1v) is 8.76. The number of aryl methyl sites for hydroxylation is 1. The molecule has 0 saturated carbocycles. The average Bonchev–Trinajstić information content (AvgIpc) is 2.54. The van der Waals surface area contributed by atoms with Gasteiger partial charge in [-0.05, 0) is 36.8 Å². The van der Waals surface area contributed by atoms with Gasteiger partial charge in [0.15, 0.2) is 0 Å². The Balaban J connectivity index is 1.99. The highest BCUT2D eigenvalue weighted by Crippen LogP contribution is 2.12. The Morgan fingerprint density at radius 1 is 1.12 bits per heavy atom. The summed E-state index contributed by atoms with van der Waals surface area (Å²) in [5.74, 6) is 0.195. The molecular formula is C16H19FN2O4S. The summed E-state index contributed by atoms with van der Waals surface area (Å²) in [6.45, 7) is 0.638. The highest BCUT2D eigenvalue weighted by atomic mass is 32.2. The fraction of sp³-hybridized carbons (Fsp3) is 0.312. The lowest BCUT2D eigenvalue weighted by molar-refractivity contribution is 0.300. The van der Waals surface area contributed by atoms with Crippen molar-refractivity contribution in [2.75, 3.05) is 20.7 Å². The molecule has 1 aromatic carbocycles. The molecule has 0 bridgehead atoms. The van der Waals surface area contributed by atoms with Crippen LogP contribution >= 0.6 is 0 Å². The van der Waals surface area contributed by atoms with Crippen LogP contribution in [0.1, 0.15) is 6.42 Å². The van der Waals surface area contributed by atoms with E-state index in [1.807, 2.05) is 0 Å². The fourth-order valence-electron chi connectivity index (χ4n) is 2.00. The smallest absolute Gasteiger partial charge is 0.250 e. The Morgan fingerprint density at radius 3 is 2.42 bits per heavy atom. The minimum atomic E-state index is -3.59. The summed E-state index contributed by atoms with van der Waals surface area (Å²) >= 11 is 0. The molecule has 2 aromatic rings. The second-order valence-electron chi connectivity index (χ2n) is 5.34. The maximum Gasteiger partial charge on any atom is 0.250 e. The van der Waals surface area contributed by atoms with E-state index in [0.29, 0.717) is 25.3 Å². The van der Waals surface area contributed by atoms with Crippen LogP contribution in [0.15, 0.2) is 52.3 Å². The number of halogens is 1. The first-order valence-electron chi connectivity index (χ1n) is 7.32. The summed E-state index contributed by atoms with van der Waals surface area (Å²) < 4.78 is 44.9. The molecule has 1 aromatic heterocycles. The molecule has 0 unspecified atom stereocenters. The summed E-state index contributed by atoms with van der Waals surface area (Å²) in [7, 11) is -0.723. The lowest BCUT2D eigenvalue weighted by atomic mass is 10.3. The predicted octanol–water partition coefficient (Wildman–Crippen LogP) is 1.71. The molecule has 0 aliphatic rings. The van der Waals surface area contributed by atoms with E-state index in [9.17, 15) is 17.6 Å². The molecule has 24 heavy (non-hydrogen) atoms. The highest BCUT2D eigenvalue weighted by Gasteiger charge is 2.17. The summed E-state index contributed by atoms with van der Waals surface area (Å²) in [5.41, 5.74) is -0.283. The Hall–Kier alpha value is -2.19. The quantitative estimate of drug-likeness (QED) is 0.710. The van der Waals surface area contributed by atoms with E-state index in [-0.39, 0.29) is 16.3 Å². The van der Waals surface area contributed by atoms with Crippen molar-refractivity contribution in [2.24, 2.45) is 0 Å². The van der Waals surface area contributed by atoms with Gasteiger partial charge < -0.3 is 9.30 Å². The summed E-state index contributed by atoms with van der Waals surface area (Å²) in [6.07, 6.45) is 1.83. The van der Waals surface area contributed by atoms with Gasteiger partial charge in [-0.15, -0.1) is 0 Å². The molecule has 0 atom stereocenters. The van der Waals surface area contributed by atoms with Crippen molar-refractivity contribution in [1.29, 1.82) is 0 Å². The monoisotopic (exact) mass is 354 g/mol. The Labute approximate surface area is 140 Å². The van der Waals surface area contributed by atoms with Crippen molar-refractivity contribution in [1.82, 2.24) is 8.87 Å². The Kier molecular flexibility index (Phi) is 5.74. The van der Waals surface area contributed by atoms with Gasteiger partial charge in [-0.2, -0.15) is 0 Å². The first kappa shape index (κ1) is 18.2. The predicted molar refractivity (Wildman–Crippen MR) is 88.1 cm³/mol. The van der Waals surface area contributed by atoms with Gasteiger partial charge in [0.1, 0.15) is 11.6 Å². The minimum Gasteiger partial charge on any atom is -0.494 e. The van der Waals surface area contributed by atoms with E-state index in [4.69, 9.17) is 4.74 Å². The van der Waals surface area contributed by atoms with E-state index in [1.165, 1.54) is 61.3 Å². The molecule has 0 aliphatic carbocycles. The number of pyridine rings is 1. The van der Waals surface area contributed by atoms with Crippen LogP contribution in [-0.4, -0.2) is 38.0 Å². The molecule has 8 heteroatoms. The molecule has 0 amide bonds. The Morgan fingerprint density at radius 2 is 1.79 bits per heavy atom. The second kappa shape index (κ2) is 7.59. The third-order valence-electron chi connectivity index (χ3n) is 3.36.